The number of para-hydroxylation sites is 2. The van der Waals surface area contributed by atoms with Crippen molar-refractivity contribution in [3.63, 3.8) is 0 Å². The van der Waals surface area contributed by atoms with Crippen molar-refractivity contribution in [1.29, 1.82) is 0 Å². The van der Waals surface area contributed by atoms with Crippen LogP contribution in [-0.4, -0.2) is 102 Å². The monoisotopic (exact) mass is 1220 g/mol. The van der Waals surface area contributed by atoms with E-state index in [1.165, 1.54) is 48.0 Å². The molecular weight excluding hydrogens is 1170 g/mol. The maximum Gasteiger partial charge on any atom is 2.00 e. The van der Waals surface area contributed by atoms with Crippen molar-refractivity contribution >= 4 is 118 Å². The Balaban J connectivity index is 0.000000278. The second-order valence-corrected chi connectivity index (χ2v) is 24.1. The van der Waals surface area contributed by atoms with E-state index in [4.69, 9.17) is 55.9 Å². The van der Waals surface area contributed by atoms with Gasteiger partial charge in [0.2, 0.25) is 0 Å². The smallest absolute Gasteiger partial charge is 1.00 e. The predicted octanol–water partition coefficient (Wildman–Crippen LogP) is 10.2. The number of hydrogen-bond donors (Lipinski definition) is 1. The molecule has 0 bridgehead atoms. The number of imidazole rings is 2. The number of hydrogen-bond acceptors (Lipinski definition) is 12. The van der Waals surface area contributed by atoms with Gasteiger partial charge >= 0.3 is 29.0 Å². The van der Waals surface area contributed by atoms with E-state index < -0.39 is 31.2 Å². The first-order valence-corrected chi connectivity index (χ1v) is 28.4. The molecule has 12 nitrogen and oxygen atoms in total. The second-order valence-electron chi connectivity index (χ2n) is 16.3. The molecule has 0 aliphatic carbocycles. The van der Waals surface area contributed by atoms with Crippen LogP contribution in [0.3, 0.4) is 0 Å². The van der Waals surface area contributed by atoms with Crippen molar-refractivity contribution < 1.29 is 53.2 Å². The van der Waals surface area contributed by atoms with E-state index >= 15 is 0 Å². The first kappa shape index (κ1) is 61.9. The molecule has 0 saturated carbocycles. The van der Waals surface area contributed by atoms with Crippen molar-refractivity contribution in [2.75, 3.05) is 32.3 Å². The van der Waals surface area contributed by atoms with Crippen molar-refractivity contribution in [1.82, 2.24) is 19.1 Å². The van der Waals surface area contributed by atoms with Crippen LogP contribution in [0.15, 0.2) is 131 Å². The number of carbonyl (C=O) groups is 1. The molecule has 0 atom stereocenters. The molecule has 0 spiro atoms. The van der Waals surface area contributed by atoms with Gasteiger partial charge in [-0.05, 0) is 118 Å². The van der Waals surface area contributed by atoms with E-state index in [9.17, 15) is 26.7 Å². The molecule has 4 aromatic carbocycles. The molecule has 1 N–H and O–H groups in total. The van der Waals surface area contributed by atoms with Gasteiger partial charge in [0.05, 0.1) is 63.3 Å². The van der Waals surface area contributed by atoms with Crippen molar-refractivity contribution in [3.8, 4) is 53.7 Å². The summed E-state index contributed by atoms with van der Waals surface area (Å²) in [5.41, 5.74) is 2.04. The first-order valence-electron chi connectivity index (χ1n) is 21.5. The Morgan fingerprint density at radius 1 is 0.671 bits per heavy atom. The summed E-state index contributed by atoms with van der Waals surface area (Å²) in [6, 6.07) is 31.5. The molecule has 22 heteroatoms. The number of sulfone groups is 2. The minimum atomic E-state index is -3.34. The molecule has 382 valence electrons. The molecule has 0 unspecified atom stereocenters. The molecule has 9 rings (SSSR count). The minimum absolute atomic E-state index is 0. The summed E-state index contributed by atoms with van der Waals surface area (Å²) in [6.45, 7) is 7.26. The van der Waals surface area contributed by atoms with Gasteiger partial charge in [-0.25, -0.2) is 31.6 Å². The zero-order chi connectivity index (χ0) is 50.5. The molecule has 4 aromatic heterocycles. The fraction of sp³-hybridized carbons (Fsp3) is 0.216. The van der Waals surface area contributed by atoms with Crippen LogP contribution in [0.25, 0.3) is 53.7 Å². The molecule has 1 aliphatic rings. The predicted molar refractivity (Wildman–Crippen MR) is 294 cm³/mol. The Morgan fingerprint density at radius 2 is 1.07 bits per heavy atom. The molecule has 0 radical (unpaired) electrons. The number of ether oxygens (including phenoxy) is 2. The van der Waals surface area contributed by atoms with Crippen molar-refractivity contribution in [2.24, 2.45) is 0 Å². The minimum Gasteiger partial charge on any atom is -1.00 e. The van der Waals surface area contributed by atoms with Crippen LogP contribution in [0.1, 0.15) is 49.8 Å². The Labute approximate surface area is 481 Å². The van der Waals surface area contributed by atoms with Gasteiger partial charge in [0.1, 0.15) is 5.60 Å². The molecule has 73 heavy (non-hydrogen) atoms. The quantitative estimate of drug-likeness (QED) is 0.0750. The summed E-state index contributed by atoms with van der Waals surface area (Å²) in [4.78, 5) is 25.4. The molecular formula is C51H49BrCl4MgN4O8S4. The van der Waals surface area contributed by atoms with E-state index in [1.807, 2.05) is 36.4 Å². The van der Waals surface area contributed by atoms with Crippen molar-refractivity contribution in [3.05, 3.63) is 160 Å². The average Bonchev–Trinajstić information content (AvgIpc) is 4.17. The van der Waals surface area contributed by atoms with Crippen LogP contribution in [0.2, 0.25) is 20.1 Å². The van der Waals surface area contributed by atoms with Gasteiger partial charge in [-0.3, -0.25) is 9.13 Å². The number of thiophene rings is 2. The summed E-state index contributed by atoms with van der Waals surface area (Å²) in [5.74, 6) is 0.481. The third-order valence-corrected chi connectivity index (χ3v) is 16.2. The topological polar surface area (TPSA) is 160 Å². The molecule has 8 aromatic rings. The van der Waals surface area contributed by atoms with Gasteiger partial charge in [0.25, 0.3) is 0 Å². The average molecular weight is 1220 g/mol. The number of carbonyl (C=O) groups excluding carboxylic acids is 1. The Bertz CT molecular complexity index is 3380. The molecule has 5 heterocycles. The number of aromatic nitrogens is 4. The molecule has 1 saturated heterocycles. The summed E-state index contributed by atoms with van der Waals surface area (Å²) >= 11 is 28.6. The van der Waals surface area contributed by atoms with Gasteiger partial charge < -0.3 is 39.0 Å². The standard InChI is InChI=1S/C23H18Cl2N2O4S2.C23H20Cl2N2O3S2.C4H8O.CH3.BrH.Mg/c1-3-31-23(28)18-13-27(21-16(24)8-5-9-17(21)25)22(26-18)20-11-10-19(32-20)14-6-4-7-15(12-14)33(2,29)30;1-23(2,28)20-13-27(21-16(24)8-5-9-17(21)25)22(26-20)19-11-10-18(31-19)14-6-4-7-15(12-14)32(3,29)30;1-2-4-5-3-1;;;/h4-13H,3H2,1-2H3;4-13,28H,1-3H3;1-4H2;1H3;1H;/q;;;-1;;+2/p-1. The Hall–Kier alpha value is -3.60. The first-order chi connectivity index (χ1) is 33.1. The number of esters is 1. The Kier molecular flexibility index (Phi) is 22.4. The Morgan fingerprint density at radius 3 is 1.45 bits per heavy atom. The SMILES string of the molecule is C1CCOC1.CC(C)(O)c1cn(-c2c(Cl)cccc2Cl)c(-c2ccc(-c3cccc(S(C)(=O)=O)c3)s2)n1.CCOC(=O)c1cn(-c2c(Cl)cccc2Cl)c(-c2ccc(-c3cccc(S(C)(=O)=O)c3)s2)n1.[Br-].[CH3-].[Mg+2]. The molecule has 1 fully saturated rings. The maximum atomic E-state index is 12.4. The van der Waals surface area contributed by atoms with Gasteiger partial charge in [0, 0.05) is 47.9 Å². The van der Waals surface area contributed by atoms with Crippen LogP contribution in [0, 0.1) is 7.43 Å². The van der Waals surface area contributed by atoms with Crippen LogP contribution in [0.4, 0.5) is 0 Å². The van der Waals surface area contributed by atoms with Gasteiger partial charge in [-0.1, -0.05) is 82.8 Å². The normalized spacial score (nSPS) is 12.2. The van der Waals surface area contributed by atoms with E-state index in [1.54, 1.807) is 115 Å². The number of halogens is 5. The van der Waals surface area contributed by atoms with Gasteiger partial charge in [-0.2, -0.15) is 0 Å². The van der Waals surface area contributed by atoms with E-state index in [2.05, 4.69) is 9.97 Å². The van der Waals surface area contributed by atoms with Crippen LogP contribution >= 0.6 is 69.1 Å². The summed E-state index contributed by atoms with van der Waals surface area (Å²) in [7, 11) is -6.65. The number of rotatable bonds is 11. The number of aliphatic hydroxyl groups is 1. The van der Waals surface area contributed by atoms with Crippen LogP contribution in [0.5, 0.6) is 0 Å². The fourth-order valence-corrected chi connectivity index (χ4v) is 11.5. The van der Waals surface area contributed by atoms with E-state index in [0.29, 0.717) is 48.8 Å². The van der Waals surface area contributed by atoms with E-state index in [-0.39, 0.29) is 69.6 Å². The molecule has 1 aliphatic heterocycles. The zero-order valence-electron chi connectivity index (χ0n) is 40.4. The maximum absolute atomic E-state index is 12.4. The van der Waals surface area contributed by atoms with Crippen molar-refractivity contribution in [2.45, 2.75) is 49.0 Å². The van der Waals surface area contributed by atoms with Crippen LogP contribution < -0.4 is 17.0 Å². The number of nitrogens with zero attached hydrogens (tertiary/aromatic N) is 4. The zero-order valence-corrected chi connectivity index (χ0v) is 49.7. The van der Waals surface area contributed by atoms with E-state index in [0.717, 1.165) is 43.8 Å². The summed E-state index contributed by atoms with van der Waals surface area (Å²) < 4.78 is 61.3. The van der Waals surface area contributed by atoms with Gasteiger partial charge in [0.15, 0.2) is 37.0 Å². The second kappa shape index (κ2) is 26.4. The van der Waals surface area contributed by atoms with Gasteiger partial charge in [-0.15, -0.1) is 22.7 Å². The number of benzene rings is 4. The van der Waals surface area contributed by atoms with Crippen LogP contribution in [-0.2, 0) is 34.7 Å². The third-order valence-electron chi connectivity index (χ3n) is 10.5. The fourth-order valence-electron chi connectivity index (χ4n) is 6.98. The largest absolute Gasteiger partial charge is 2.00 e. The molecule has 0 amide bonds. The third kappa shape index (κ3) is 15.3. The summed E-state index contributed by atoms with van der Waals surface area (Å²) in [6.07, 6.45) is 8.19. The summed E-state index contributed by atoms with van der Waals surface area (Å²) in [5, 5.41) is 12.3.